The van der Waals surface area contributed by atoms with Gasteiger partial charge >= 0.3 is 5.97 Å². The minimum atomic E-state index is -0.929. The first-order valence-electron chi connectivity index (χ1n) is 8.25. The fourth-order valence-electron chi connectivity index (χ4n) is 3.80. The summed E-state index contributed by atoms with van der Waals surface area (Å²) >= 11 is 0. The van der Waals surface area contributed by atoms with Gasteiger partial charge in [0.05, 0.1) is 17.8 Å². The average Bonchev–Trinajstić information content (AvgIpc) is 3.07. The summed E-state index contributed by atoms with van der Waals surface area (Å²) in [4.78, 5) is 30.3. The SMILES string of the molecule is O=C(O)c1cccc2c1CN(C(=O)C1CCc3cncn3C1)CC2. The monoisotopic (exact) mass is 325 g/mol. The van der Waals surface area contributed by atoms with E-state index in [-0.39, 0.29) is 11.8 Å². The lowest BCUT2D eigenvalue weighted by Gasteiger charge is -2.34. The maximum Gasteiger partial charge on any atom is 0.336 e. The lowest BCUT2D eigenvalue weighted by molar-refractivity contribution is -0.137. The van der Waals surface area contributed by atoms with Crippen LogP contribution < -0.4 is 0 Å². The Morgan fingerprint density at radius 2 is 2.12 bits per heavy atom. The van der Waals surface area contributed by atoms with Crippen molar-refractivity contribution in [2.24, 2.45) is 5.92 Å². The zero-order valence-electron chi connectivity index (χ0n) is 13.3. The van der Waals surface area contributed by atoms with Gasteiger partial charge in [-0.3, -0.25) is 4.79 Å². The molecule has 1 amide bonds. The van der Waals surface area contributed by atoms with Crippen LogP contribution in [0, 0.1) is 5.92 Å². The van der Waals surface area contributed by atoms with E-state index in [2.05, 4.69) is 4.98 Å². The Morgan fingerprint density at radius 1 is 1.25 bits per heavy atom. The number of carboxylic acid groups (broad SMARTS) is 1. The van der Waals surface area contributed by atoms with E-state index in [1.807, 2.05) is 21.7 Å². The molecule has 1 unspecified atom stereocenters. The van der Waals surface area contributed by atoms with Crippen molar-refractivity contribution in [3.63, 3.8) is 0 Å². The third-order valence-corrected chi connectivity index (χ3v) is 5.13. The largest absolute Gasteiger partial charge is 0.478 e. The predicted molar refractivity (Wildman–Crippen MR) is 86.6 cm³/mol. The number of aromatic nitrogens is 2. The summed E-state index contributed by atoms with van der Waals surface area (Å²) in [5, 5.41) is 9.39. The molecule has 0 radical (unpaired) electrons. The van der Waals surface area contributed by atoms with E-state index in [0.29, 0.717) is 31.6 Å². The topological polar surface area (TPSA) is 75.4 Å². The number of aromatic carboxylic acids is 1. The summed E-state index contributed by atoms with van der Waals surface area (Å²) in [6, 6.07) is 5.36. The molecule has 2 aliphatic heterocycles. The average molecular weight is 325 g/mol. The maximum atomic E-state index is 12.9. The number of imidazole rings is 1. The van der Waals surface area contributed by atoms with E-state index in [1.54, 1.807) is 18.5 Å². The Hall–Kier alpha value is -2.63. The number of carbonyl (C=O) groups excluding carboxylic acids is 1. The Balaban J connectivity index is 1.54. The van der Waals surface area contributed by atoms with Crippen LogP contribution in [0.4, 0.5) is 0 Å². The highest BCUT2D eigenvalue weighted by molar-refractivity contribution is 5.90. The van der Waals surface area contributed by atoms with Crippen molar-refractivity contribution in [2.75, 3.05) is 6.54 Å². The number of rotatable bonds is 2. The summed E-state index contributed by atoms with van der Waals surface area (Å²) in [5.74, 6) is -0.854. The molecule has 4 rings (SSSR count). The van der Waals surface area contributed by atoms with Crippen LogP contribution in [0.2, 0.25) is 0 Å². The molecule has 1 aromatic heterocycles. The second-order valence-corrected chi connectivity index (χ2v) is 6.53. The zero-order valence-corrected chi connectivity index (χ0v) is 13.3. The molecule has 6 heteroatoms. The van der Waals surface area contributed by atoms with Crippen molar-refractivity contribution < 1.29 is 14.7 Å². The highest BCUT2D eigenvalue weighted by Gasteiger charge is 2.31. The van der Waals surface area contributed by atoms with Gasteiger partial charge in [0.15, 0.2) is 0 Å². The van der Waals surface area contributed by atoms with Crippen LogP contribution in [0.25, 0.3) is 0 Å². The summed E-state index contributed by atoms with van der Waals surface area (Å²) < 4.78 is 2.05. The minimum Gasteiger partial charge on any atom is -0.478 e. The molecule has 0 bridgehead atoms. The molecular formula is C18H19N3O3. The quantitative estimate of drug-likeness (QED) is 0.912. The van der Waals surface area contributed by atoms with Gasteiger partial charge in [0.25, 0.3) is 0 Å². The standard InChI is InChI=1S/C18H19N3O3/c22-17(13-4-5-14-8-19-11-21(14)9-13)20-7-6-12-2-1-3-15(18(23)24)16(12)10-20/h1-3,8,11,13H,4-7,9-10H2,(H,23,24). The van der Waals surface area contributed by atoms with Crippen LogP contribution in [0.1, 0.15) is 33.6 Å². The van der Waals surface area contributed by atoms with Crippen molar-refractivity contribution in [3.8, 4) is 0 Å². The summed E-state index contributed by atoms with van der Waals surface area (Å²) in [5.41, 5.74) is 3.31. The Kier molecular flexibility index (Phi) is 3.59. The van der Waals surface area contributed by atoms with Crippen LogP contribution in [0.15, 0.2) is 30.7 Å². The molecule has 2 aromatic rings. The number of fused-ring (bicyclic) bond motifs is 2. The van der Waals surface area contributed by atoms with Gasteiger partial charge in [0.1, 0.15) is 0 Å². The molecule has 124 valence electrons. The first-order valence-corrected chi connectivity index (χ1v) is 8.25. The molecule has 0 saturated heterocycles. The van der Waals surface area contributed by atoms with E-state index >= 15 is 0 Å². The molecular weight excluding hydrogens is 306 g/mol. The first-order chi connectivity index (χ1) is 11.6. The van der Waals surface area contributed by atoms with E-state index < -0.39 is 5.97 Å². The fourth-order valence-corrected chi connectivity index (χ4v) is 3.80. The summed E-state index contributed by atoms with van der Waals surface area (Å²) in [6.07, 6.45) is 6.04. The zero-order chi connectivity index (χ0) is 16.7. The third-order valence-electron chi connectivity index (χ3n) is 5.13. The number of hydrogen-bond acceptors (Lipinski definition) is 3. The first kappa shape index (κ1) is 14.9. The second-order valence-electron chi connectivity index (χ2n) is 6.53. The lowest BCUT2D eigenvalue weighted by atomic mass is 9.92. The third kappa shape index (κ3) is 2.48. The highest BCUT2D eigenvalue weighted by atomic mass is 16.4. The van der Waals surface area contributed by atoms with Crippen molar-refractivity contribution in [3.05, 3.63) is 53.1 Å². The smallest absolute Gasteiger partial charge is 0.336 e. The number of aryl methyl sites for hydroxylation is 1. The molecule has 2 aliphatic rings. The molecule has 1 N–H and O–H groups in total. The highest BCUT2D eigenvalue weighted by Crippen LogP contribution is 2.27. The minimum absolute atomic E-state index is 0.0507. The second kappa shape index (κ2) is 5.78. The number of amides is 1. The Morgan fingerprint density at radius 3 is 2.96 bits per heavy atom. The summed E-state index contributed by atoms with van der Waals surface area (Å²) in [7, 11) is 0. The van der Waals surface area contributed by atoms with E-state index in [9.17, 15) is 14.7 Å². The Labute approximate surface area is 139 Å². The van der Waals surface area contributed by atoms with Crippen molar-refractivity contribution in [2.45, 2.75) is 32.4 Å². The van der Waals surface area contributed by atoms with Gasteiger partial charge in [-0.25, -0.2) is 9.78 Å². The normalized spacial score (nSPS) is 19.5. The van der Waals surface area contributed by atoms with Gasteiger partial charge in [0.2, 0.25) is 5.91 Å². The number of carbonyl (C=O) groups is 2. The molecule has 0 fully saturated rings. The molecule has 0 aliphatic carbocycles. The van der Waals surface area contributed by atoms with Gasteiger partial charge in [-0.1, -0.05) is 12.1 Å². The fraction of sp³-hybridized carbons (Fsp3) is 0.389. The van der Waals surface area contributed by atoms with E-state index in [4.69, 9.17) is 0 Å². The lowest BCUT2D eigenvalue weighted by Crippen LogP contribution is -2.42. The molecule has 1 atom stereocenters. The van der Waals surface area contributed by atoms with E-state index in [1.165, 1.54) is 5.69 Å². The van der Waals surface area contributed by atoms with Crippen LogP contribution >= 0.6 is 0 Å². The van der Waals surface area contributed by atoms with E-state index in [0.717, 1.165) is 24.0 Å². The molecule has 0 saturated carbocycles. The van der Waals surface area contributed by atoms with Crippen molar-refractivity contribution in [1.82, 2.24) is 14.5 Å². The molecule has 3 heterocycles. The predicted octanol–water partition coefficient (Wildman–Crippen LogP) is 1.73. The van der Waals surface area contributed by atoms with Gasteiger partial charge in [-0.15, -0.1) is 0 Å². The molecule has 1 aromatic carbocycles. The molecule has 6 nitrogen and oxygen atoms in total. The molecule has 24 heavy (non-hydrogen) atoms. The van der Waals surface area contributed by atoms with Crippen LogP contribution in [0.3, 0.4) is 0 Å². The number of hydrogen-bond donors (Lipinski definition) is 1. The number of nitrogens with zero attached hydrogens (tertiary/aromatic N) is 3. The van der Waals surface area contributed by atoms with Gasteiger partial charge in [0, 0.05) is 31.5 Å². The Bertz CT molecular complexity index is 812. The van der Waals surface area contributed by atoms with Gasteiger partial charge < -0.3 is 14.6 Å². The number of benzene rings is 1. The van der Waals surface area contributed by atoms with Gasteiger partial charge in [-0.05, 0) is 36.5 Å². The van der Waals surface area contributed by atoms with Crippen LogP contribution in [0.5, 0.6) is 0 Å². The number of carboxylic acids is 1. The van der Waals surface area contributed by atoms with Gasteiger partial charge in [-0.2, -0.15) is 0 Å². The van der Waals surface area contributed by atoms with Crippen molar-refractivity contribution in [1.29, 1.82) is 0 Å². The maximum absolute atomic E-state index is 12.9. The van der Waals surface area contributed by atoms with Crippen molar-refractivity contribution >= 4 is 11.9 Å². The van der Waals surface area contributed by atoms with Crippen LogP contribution in [-0.4, -0.2) is 38.0 Å². The van der Waals surface area contributed by atoms with Crippen LogP contribution in [-0.2, 0) is 30.7 Å². The molecule has 0 spiro atoms. The summed E-state index contributed by atoms with van der Waals surface area (Å²) in [6.45, 7) is 1.71.